The van der Waals surface area contributed by atoms with Gasteiger partial charge in [0.25, 0.3) is 0 Å². The van der Waals surface area contributed by atoms with Gasteiger partial charge in [-0.05, 0) is 25.4 Å². The van der Waals surface area contributed by atoms with Crippen LogP contribution in [0, 0.1) is 5.92 Å². The van der Waals surface area contributed by atoms with Gasteiger partial charge >= 0.3 is 0 Å². The molecule has 0 aliphatic carbocycles. The summed E-state index contributed by atoms with van der Waals surface area (Å²) in [6, 6.07) is 0. The van der Waals surface area contributed by atoms with Gasteiger partial charge in [0.15, 0.2) is 0 Å². The maximum absolute atomic E-state index is 4.34. The lowest BCUT2D eigenvalue weighted by molar-refractivity contribution is 0.441. The first-order chi connectivity index (χ1) is 7.25. The van der Waals surface area contributed by atoms with Crippen LogP contribution in [0.5, 0.6) is 0 Å². The molecule has 84 valence electrons. The third-order valence-electron chi connectivity index (χ3n) is 2.80. The zero-order valence-electron chi connectivity index (χ0n) is 9.90. The molecule has 3 nitrogen and oxygen atoms in total. The fourth-order valence-electron chi connectivity index (χ4n) is 1.52. The standard InChI is InChI=1S/C12H21N3/c1-4-5-13-8-10(2)11(3)12-9-14-6-7-15-12/h6-7,9-11,13H,4-5,8H2,1-3H3. The zero-order valence-corrected chi connectivity index (χ0v) is 9.90. The van der Waals surface area contributed by atoms with Crippen molar-refractivity contribution < 1.29 is 0 Å². The summed E-state index contributed by atoms with van der Waals surface area (Å²) in [5, 5.41) is 3.44. The first-order valence-electron chi connectivity index (χ1n) is 5.72. The van der Waals surface area contributed by atoms with Gasteiger partial charge in [-0.15, -0.1) is 0 Å². The second-order valence-corrected chi connectivity index (χ2v) is 4.10. The Kier molecular flexibility index (Phi) is 5.26. The molecule has 0 spiro atoms. The number of hydrogen-bond acceptors (Lipinski definition) is 3. The highest BCUT2D eigenvalue weighted by atomic mass is 14.9. The molecule has 2 atom stereocenters. The topological polar surface area (TPSA) is 37.8 Å². The van der Waals surface area contributed by atoms with Gasteiger partial charge in [-0.1, -0.05) is 20.8 Å². The molecule has 1 rings (SSSR count). The van der Waals surface area contributed by atoms with Crippen molar-refractivity contribution in [2.24, 2.45) is 5.92 Å². The van der Waals surface area contributed by atoms with Gasteiger partial charge in [-0.2, -0.15) is 0 Å². The molecule has 1 aromatic heterocycles. The lowest BCUT2D eigenvalue weighted by atomic mass is 9.93. The van der Waals surface area contributed by atoms with E-state index in [0.29, 0.717) is 11.8 Å². The smallest absolute Gasteiger partial charge is 0.0617 e. The van der Waals surface area contributed by atoms with Crippen LogP contribution in [0.1, 0.15) is 38.8 Å². The second-order valence-electron chi connectivity index (χ2n) is 4.10. The summed E-state index contributed by atoms with van der Waals surface area (Å²) in [6.07, 6.45) is 6.53. The largest absolute Gasteiger partial charge is 0.316 e. The van der Waals surface area contributed by atoms with Gasteiger partial charge in [-0.25, -0.2) is 0 Å². The fourth-order valence-corrected chi connectivity index (χ4v) is 1.52. The Hall–Kier alpha value is -0.960. The molecule has 0 saturated carbocycles. The minimum Gasteiger partial charge on any atom is -0.316 e. The molecule has 3 heteroatoms. The van der Waals surface area contributed by atoms with E-state index in [1.165, 1.54) is 6.42 Å². The summed E-state index contributed by atoms with van der Waals surface area (Å²) >= 11 is 0. The van der Waals surface area contributed by atoms with Gasteiger partial charge in [0.1, 0.15) is 0 Å². The van der Waals surface area contributed by atoms with Crippen LogP contribution >= 0.6 is 0 Å². The molecule has 1 heterocycles. The van der Waals surface area contributed by atoms with Crippen LogP contribution in [0.2, 0.25) is 0 Å². The quantitative estimate of drug-likeness (QED) is 0.727. The molecule has 0 aliphatic rings. The van der Waals surface area contributed by atoms with Crippen LogP contribution in [0.25, 0.3) is 0 Å². The molecule has 0 saturated heterocycles. The maximum Gasteiger partial charge on any atom is 0.0617 e. The highest BCUT2D eigenvalue weighted by Gasteiger charge is 2.14. The van der Waals surface area contributed by atoms with E-state index in [4.69, 9.17) is 0 Å². The summed E-state index contributed by atoms with van der Waals surface area (Å²) in [5.41, 5.74) is 1.09. The van der Waals surface area contributed by atoms with Crippen LogP contribution in [0.4, 0.5) is 0 Å². The molecule has 15 heavy (non-hydrogen) atoms. The van der Waals surface area contributed by atoms with Gasteiger partial charge < -0.3 is 5.32 Å². The number of nitrogens with one attached hydrogen (secondary N) is 1. The molecule has 0 aliphatic heterocycles. The first-order valence-corrected chi connectivity index (χ1v) is 5.72. The monoisotopic (exact) mass is 207 g/mol. The second kappa shape index (κ2) is 6.51. The SMILES string of the molecule is CCCNCC(C)C(C)c1cnccn1. The predicted octanol–water partition coefficient (Wildman–Crippen LogP) is 2.22. The Balaban J connectivity index is 2.42. The van der Waals surface area contributed by atoms with Gasteiger partial charge in [0, 0.05) is 24.5 Å². The summed E-state index contributed by atoms with van der Waals surface area (Å²) < 4.78 is 0. The molecular formula is C12H21N3. The van der Waals surface area contributed by atoms with Crippen LogP contribution in [-0.2, 0) is 0 Å². The van der Waals surface area contributed by atoms with E-state index in [9.17, 15) is 0 Å². The normalized spacial score (nSPS) is 14.9. The molecule has 0 fully saturated rings. The Labute approximate surface area is 92.3 Å². The summed E-state index contributed by atoms with van der Waals surface area (Å²) in [7, 11) is 0. The van der Waals surface area contributed by atoms with E-state index >= 15 is 0 Å². The minimum atomic E-state index is 0.461. The number of aromatic nitrogens is 2. The zero-order chi connectivity index (χ0) is 11.1. The lowest BCUT2D eigenvalue weighted by Crippen LogP contribution is -2.25. The Bertz CT molecular complexity index is 261. The van der Waals surface area contributed by atoms with E-state index in [0.717, 1.165) is 18.8 Å². The van der Waals surface area contributed by atoms with Crippen molar-refractivity contribution in [1.82, 2.24) is 15.3 Å². The summed E-state index contributed by atoms with van der Waals surface area (Å²) in [5.74, 6) is 1.05. The fraction of sp³-hybridized carbons (Fsp3) is 0.667. The average molecular weight is 207 g/mol. The van der Waals surface area contributed by atoms with Crippen molar-refractivity contribution in [2.75, 3.05) is 13.1 Å². The van der Waals surface area contributed by atoms with Gasteiger partial charge in [0.05, 0.1) is 5.69 Å². The van der Waals surface area contributed by atoms with E-state index in [1.54, 1.807) is 12.4 Å². The molecule has 2 unspecified atom stereocenters. The van der Waals surface area contributed by atoms with E-state index in [1.807, 2.05) is 6.20 Å². The Morgan fingerprint density at radius 2 is 2.13 bits per heavy atom. The van der Waals surface area contributed by atoms with Crippen molar-refractivity contribution in [1.29, 1.82) is 0 Å². The molecule has 0 amide bonds. The Morgan fingerprint density at radius 3 is 2.73 bits per heavy atom. The summed E-state index contributed by atoms with van der Waals surface area (Å²) in [4.78, 5) is 8.44. The van der Waals surface area contributed by atoms with Gasteiger partial charge in [0.2, 0.25) is 0 Å². The van der Waals surface area contributed by atoms with Gasteiger partial charge in [-0.3, -0.25) is 9.97 Å². The molecule has 1 aromatic rings. The van der Waals surface area contributed by atoms with Crippen molar-refractivity contribution >= 4 is 0 Å². The highest BCUT2D eigenvalue weighted by molar-refractivity contribution is 5.03. The van der Waals surface area contributed by atoms with Crippen LogP contribution in [0.15, 0.2) is 18.6 Å². The molecule has 0 bridgehead atoms. The molecule has 1 N–H and O–H groups in total. The first kappa shape index (κ1) is 12.1. The molecular weight excluding hydrogens is 186 g/mol. The molecule has 0 radical (unpaired) electrons. The average Bonchev–Trinajstić information content (AvgIpc) is 2.29. The van der Waals surface area contributed by atoms with Crippen LogP contribution < -0.4 is 5.32 Å². The van der Waals surface area contributed by atoms with Crippen molar-refractivity contribution in [3.8, 4) is 0 Å². The van der Waals surface area contributed by atoms with E-state index in [2.05, 4.69) is 36.1 Å². The highest BCUT2D eigenvalue weighted by Crippen LogP contribution is 2.20. The van der Waals surface area contributed by atoms with Crippen molar-refractivity contribution in [3.63, 3.8) is 0 Å². The lowest BCUT2D eigenvalue weighted by Gasteiger charge is -2.19. The van der Waals surface area contributed by atoms with Crippen molar-refractivity contribution in [3.05, 3.63) is 24.3 Å². The van der Waals surface area contributed by atoms with Crippen LogP contribution in [0.3, 0.4) is 0 Å². The van der Waals surface area contributed by atoms with E-state index in [-0.39, 0.29) is 0 Å². The summed E-state index contributed by atoms with van der Waals surface area (Å²) in [6.45, 7) is 8.79. The minimum absolute atomic E-state index is 0.461. The predicted molar refractivity (Wildman–Crippen MR) is 62.8 cm³/mol. The number of hydrogen-bond donors (Lipinski definition) is 1. The number of nitrogens with zero attached hydrogens (tertiary/aromatic N) is 2. The third kappa shape index (κ3) is 3.96. The van der Waals surface area contributed by atoms with E-state index < -0.39 is 0 Å². The molecule has 0 aromatic carbocycles. The maximum atomic E-state index is 4.34. The van der Waals surface area contributed by atoms with Crippen LogP contribution in [-0.4, -0.2) is 23.1 Å². The van der Waals surface area contributed by atoms with Crippen molar-refractivity contribution in [2.45, 2.75) is 33.1 Å². The third-order valence-corrected chi connectivity index (χ3v) is 2.80. The Morgan fingerprint density at radius 1 is 1.33 bits per heavy atom. The number of rotatable bonds is 6.